The van der Waals surface area contributed by atoms with Crippen molar-refractivity contribution in [2.75, 3.05) is 32.5 Å². The van der Waals surface area contributed by atoms with Gasteiger partial charge in [0.1, 0.15) is 24.3 Å². The van der Waals surface area contributed by atoms with Crippen LogP contribution in [0.25, 0.3) is 17.2 Å². The predicted molar refractivity (Wildman–Crippen MR) is 190 cm³/mol. The molecule has 3 aromatic heterocycles. The number of piperidine rings is 1. The summed E-state index contributed by atoms with van der Waals surface area (Å²) < 4.78 is 78.8. The number of hydrogen-bond acceptors (Lipinski definition) is 10. The van der Waals surface area contributed by atoms with Gasteiger partial charge in [-0.3, -0.25) is 14.4 Å². The number of halogens is 6. The van der Waals surface area contributed by atoms with Crippen LogP contribution >= 0.6 is 11.6 Å². The molecule has 294 valence electrons. The summed E-state index contributed by atoms with van der Waals surface area (Å²) in [5, 5.41) is 16.9. The number of alkyl halides is 3. The van der Waals surface area contributed by atoms with Crippen LogP contribution in [-0.4, -0.2) is 83.0 Å². The fourth-order valence-electron chi connectivity index (χ4n) is 7.21. The van der Waals surface area contributed by atoms with Crippen LogP contribution < -0.4 is 10.9 Å². The quantitative estimate of drug-likeness (QED) is 0.209. The van der Waals surface area contributed by atoms with E-state index >= 15 is 4.39 Å². The highest BCUT2D eigenvalue weighted by Gasteiger charge is 2.51. The molecule has 2 N–H and O–H groups in total. The average molecular weight is 802 g/mol. The van der Waals surface area contributed by atoms with E-state index in [1.54, 1.807) is 32.0 Å². The van der Waals surface area contributed by atoms with Gasteiger partial charge in [-0.15, -0.1) is 5.10 Å². The number of anilines is 1. The molecule has 1 fully saturated rings. The molecule has 1 atom stereocenters. The summed E-state index contributed by atoms with van der Waals surface area (Å²) in [5.41, 5.74) is -3.12. The second kappa shape index (κ2) is 14.2. The van der Waals surface area contributed by atoms with E-state index in [-0.39, 0.29) is 82.6 Å². The molecular weight excluding hydrogens is 769 g/mol. The predicted octanol–water partition coefficient (Wildman–Crippen LogP) is 5.24. The Labute approximate surface area is 319 Å². The van der Waals surface area contributed by atoms with Gasteiger partial charge in [-0.1, -0.05) is 17.7 Å². The van der Waals surface area contributed by atoms with Crippen LogP contribution in [0.2, 0.25) is 5.02 Å². The molecule has 7 rings (SSSR count). The Morgan fingerprint density at radius 1 is 1.12 bits per heavy atom. The minimum Gasteiger partial charge on any atom is -0.504 e. The van der Waals surface area contributed by atoms with E-state index in [1.165, 1.54) is 22.5 Å². The topological polar surface area (TPSA) is 160 Å². The molecule has 0 aliphatic carbocycles. The van der Waals surface area contributed by atoms with Gasteiger partial charge in [-0.25, -0.2) is 18.7 Å². The average Bonchev–Trinajstić information content (AvgIpc) is 3.70. The highest BCUT2D eigenvalue weighted by atomic mass is 35.5. The molecule has 1 unspecified atom stereocenters. The minimum absolute atomic E-state index is 0.0598. The van der Waals surface area contributed by atoms with E-state index in [0.29, 0.717) is 18.2 Å². The Bertz CT molecular complexity index is 2480. The summed E-state index contributed by atoms with van der Waals surface area (Å²) in [6.45, 7) is 2.94. The summed E-state index contributed by atoms with van der Waals surface area (Å²) in [5.74, 6) is -4.47. The Hall–Kier alpha value is -5.53. The maximum Gasteiger partial charge on any atom is 0.416 e. The molecule has 2 aromatic carbocycles. The molecular formula is C36H33ClF5N9O5. The first kappa shape index (κ1) is 38.7. The normalized spacial score (nSPS) is 16.6. The number of benzene rings is 2. The number of carbonyl (C=O) groups is 2. The lowest BCUT2D eigenvalue weighted by atomic mass is 9.85. The third-order valence-electron chi connectivity index (χ3n) is 9.86. The van der Waals surface area contributed by atoms with Crippen LogP contribution in [0.5, 0.6) is 5.75 Å². The molecule has 5 heterocycles. The van der Waals surface area contributed by atoms with Crippen molar-refractivity contribution in [1.29, 1.82) is 0 Å². The molecule has 1 spiro atoms. The van der Waals surface area contributed by atoms with E-state index in [2.05, 4.69) is 25.4 Å². The number of rotatable bonds is 7. The number of ether oxygens (including phenoxy) is 1. The largest absolute Gasteiger partial charge is 0.504 e. The number of aryl methyl sites for hydroxylation is 1. The fourth-order valence-corrected chi connectivity index (χ4v) is 7.43. The van der Waals surface area contributed by atoms with Gasteiger partial charge in [0.15, 0.2) is 23.1 Å². The summed E-state index contributed by atoms with van der Waals surface area (Å²) in [6, 6.07) is 4.65. The van der Waals surface area contributed by atoms with Crippen molar-refractivity contribution in [2.24, 2.45) is 0 Å². The van der Waals surface area contributed by atoms with E-state index in [1.807, 2.05) is 0 Å². The summed E-state index contributed by atoms with van der Waals surface area (Å²) in [6.07, 6.45) is -4.36. The number of likely N-dealkylation sites (tertiary alicyclic amines) is 1. The number of aromatic nitrogens is 6. The van der Waals surface area contributed by atoms with Crippen LogP contribution in [-0.2, 0) is 34.4 Å². The second-order valence-corrected chi connectivity index (χ2v) is 14.3. The second-order valence-electron chi connectivity index (χ2n) is 13.9. The van der Waals surface area contributed by atoms with Gasteiger partial charge in [-0.05, 0) is 70.6 Å². The molecule has 0 bridgehead atoms. The Morgan fingerprint density at radius 3 is 2.50 bits per heavy atom. The molecule has 2 aliphatic rings. The Morgan fingerprint density at radius 2 is 1.84 bits per heavy atom. The van der Waals surface area contributed by atoms with E-state index in [4.69, 9.17) is 16.3 Å². The molecule has 2 amide bonds. The molecule has 5 aromatic rings. The third kappa shape index (κ3) is 6.72. The molecule has 14 nitrogen and oxygen atoms in total. The number of amides is 2. The van der Waals surface area contributed by atoms with Gasteiger partial charge >= 0.3 is 6.18 Å². The molecule has 2 aliphatic heterocycles. The van der Waals surface area contributed by atoms with Crippen molar-refractivity contribution in [2.45, 2.75) is 57.7 Å². The number of hydrogen-bond donors (Lipinski definition) is 2. The zero-order valence-corrected chi connectivity index (χ0v) is 31.0. The van der Waals surface area contributed by atoms with Gasteiger partial charge in [0, 0.05) is 19.6 Å². The summed E-state index contributed by atoms with van der Waals surface area (Å²) in [4.78, 5) is 57.0. The van der Waals surface area contributed by atoms with Crippen LogP contribution in [0.1, 0.15) is 64.4 Å². The monoisotopic (exact) mass is 801 g/mol. The van der Waals surface area contributed by atoms with Gasteiger partial charge in [0.25, 0.3) is 11.5 Å². The highest BCUT2D eigenvalue weighted by Crippen LogP contribution is 2.48. The lowest BCUT2D eigenvalue weighted by molar-refractivity contribution is -0.137. The SMILES string of the molecule is Cc1ncnc(C(=O)N2CCC3(CC2)OC(C)c2c3c(=O)n3nc(-c4ccc(CN(C)C)c(Cl)c4F)nc3n2CC(=O)Nc2ccc(C(F)(F)F)cc2F)c1O. The first-order chi connectivity index (χ1) is 26.4. The maximum absolute atomic E-state index is 15.8. The van der Waals surface area contributed by atoms with Crippen molar-refractivity contribution in [3.63, 3.8) is 0 Å². The number of nitrogens with zero attached hydrogens (tertiary/aromatic N) is 8. The van der Waals surface area contributed by atoms with Crippen molar-refractivity contribution >= 4 is 34.9 Å². The Kier molecular flexibility index (Phi) is 9.82. The van der Waals surface area contributed by atoms with Gasteiger partial charge < -0.3 is 29.5 Å². The number of aromatic hydroxyl groups is 1. The van der Waals surface area contributed by atoms with E-state index in [0.717, 1.165) is 16.9 Å². The van der Waals surface area contributed by atoms with Crippen molar-refractivity contribution in [3.8, 4) is 17.1 Å². The van der Waals surface area contributed by atoms with Gasteiger partial charge in [0.05, 0.1) is 44.9 Å². The standard InChI is InChI=1S/C36H33ClF5N9O5/c1-17-30(53)28(44-16-43-17)33(55)49-11-9-35(10-12-49)25-29(18(2)56-35)50(15-24(52)45-23-8-6-20(13-22(23)38)36(40,41)42)34-46-31(47-51(34)32(25)54)21-7-5-19(14-48(3)4)26(37)27(21)39/h5-8,13,16,18,53H,9-12,14-15H2,1-4H3,(H,45,52). The zero-order valence-electron chi connectivity index (χ0n) is 30.2. The fraction of sp³-hybridized carbons (Fsp3) is 0.361. The van der Waals surface area contributed by atoms with E-state index in [9.17, 15) is 37.1 Å². The third-order valence-corrected chi connectivity index (χ3v) is 10.3. The zero-order chi connectivity index (χ0) is 40.4. The summed E-state index contributed by atoms with van der Waals surface area (Å²) >= 11 is 6.39. The van der Waals surface area contributed by atoms with Crippen molar-refractivity contribution in [1.82, 2.24) is 38.9 Å². The highest BCUT2D eigenvalue weighted by molar-refractivity contribution is 6.31. The molecule has 56 heavy (non-hydrogen) atoms. The van der Waals surface area contributed by atoms with Crippen LogP contribution in [0, 0.1) is 18.6 Å². The first-order valence-electron chi connectivity index (χ1n) is 17.2. The van der Waals surface area contributed by atoms with Crippen molar-refractivity contribution < 1.29 is 41.4 Å². The minimum atomic E-state index is -4.82. The van der Waals surface area contributed by atoms with Crippen LogP contribution in [0.15, 0.2) is 41.5 Å². The summed E-state index contributed by atoms with van der Waals surface area (Å²) in [7, 11) is 3.56. The van der Waals surface area contributed by atoms with Crippen LogP contribution in [0.3, 0.4) is 0 Å². The maximum atomic E-state index is 15.8. The van der Waals surface area contributed by atoms with Gasteiger partial charge in [0.2, 0.25) is 11.7 Å². The Balaban J connectivity index is 1.31. The van der Waals surface area contributed by atoms with Gasteiger partial charge in [-0.2, -0.15) is 22.7 Å². The molecule has 0 saturated carbocycles. The molecule has 1 saturated heterocycles. The number of nitrogens with one attached hydrogen (secondary N) is 1. The smallest absolute Gasteiger partial charge is 0.416 e. The lowest BCUT2D eigenvalue weighted by Gasteiger charge is -2.39. The molecule has 0 radical (unpaired) electrons. The van der Waals surface area contributed by atoms with Crippen molar-refractivity contribution in [3.05, 3.63) is 97.4 Å². The number of fused-ring (bicyclic) bond motifs is 3. The number of carbonyl (C=O) groups excluding carboxylic acids is 2. The first-order valence-corrected chi connectivity index (χ1v) is 17.6. The lowest BCUT2D eigenvalue weighted by Crippen LogP contribution is -2.47. The van der Waals surface area contributed by atoms with E-state index < -0.39 is 64.7 Å². The molecule has 20 heteroatoms. The van der Waals surface area contributed by atoms with Crippen LogP contribution in [0.4, 0.5) is 27.6 Å².